The standard InChI is InChI=1S/C31H36F3N7O3/c1-39-15-17-40(18-16-39)28(42)22-11-13-23(14-12-22)36-29-35-19-24(31(32,33)34)27(38-29)37-25-9-5-6-10-26(25)41(30(43)44)20-21-7-3-2-4-8-21/h2-4,7-8,11-14,19,25-26H,5-6,9-10,15-18,20H2,1H3,(H,43,44)(H2,35,36,37,38). The lowest BCUT2D eigenvalue weighted by molar-refractivity contribution is -0.137. The Morgan fingerprint density at radius 2 is 1.68 bits per heavy atom. The van der Waals surface area contributed by atoms with Crippen LogP contribution in [0.1, 0.15) is 47.2 Å². The molecule has 2 amide bonds. The quantitative estimate of drug-likeness (QED) is 0.305. The first-order chi connectivity index (χ1) is 21.1. The topological polar surface area (TPSA) is 114 Å². The highest BCUT2D eigenvalue weighted by Gasteiger charge is 2.38. The fourth-order valence-electron chi connectivity index (χ4n) is 5.71. The molecule has 1 saturated heterocycles. The van der Waals surface area contributed by atoms with Crippen molar-refractivity contribution >= 4 is 29.5 Å². The molecule has 0 radical (unpaired) electrons. The van der Waals surface area contributed by atoms with Gasteiger partial charge in [0.25, 0.3) is 5.91 Å². The SMILES string of the molecule is CN1CCN(C(=O)c2ccc(Nc3ncc(C(F)(F)F)c(NC4CCCCC4N(Cc4ccccc4)C(=O)O)n3)cc2)CC1. The first kappa shape index (κ1) is 31.0. The Balaban J connectivity index is 1.34. The van der Waals surface area contributed by atoms with Crippen molar-refractivity contribution in [1.29, 1.82) is 0 Å². The van der Waals surface area contributed by atoms with Crippen LogP contribution in [-0.2, 0) is 12.7 Å². The smallest absolute Gasteiger partial charge is 0.421 e. The Morgan fingerprint density at radius 3 is 2.34 bits per heavy atom. The fraction of sp³-hybridized carbons (Fsp3) is 0.419. The minimum absolute atomic E-state index is 0.0645. The average molecular weight is 612 g/mol. The van der Waals surface area contributed by atoms with E-state index in [9.17, 15) is 27.9 Å². The van der Waals surface area contributed by atoms with Crippen molar-refractivity contribution < 1.29 is 27.9 Å². The van der Waals surface area contributed by atoms with Gasteiger partial charge in [0, 0.05) is 56.2 Å². The molecule has 44 heavy (non-hydrogen) atoms. The summed E-state index contributed by atoms with van der Waals surface area (Å²) >= 11 is 0. The Hall–Kier alpha value is -4.39. The van der Waals surface area contributed by atoms with E-state index in [1.165, 1.54) is 4.90 Å². The Kier molecular flexibility index (Phi) is 9.52. The largest absolute Gasteiger partial charge is 0.465 e. The molecule has 2 heterocycles. The summed E-state index contributed by atoms with van der Waals surface area (Å²) in [7, 11) is 2.01. The molecule has 5 rings (SSSR count). The third-order valence-corrected chi connectivity index (χ3v) is 8.17. The molecule has 1 aliphatic carbocycles. The van der Waals surface area contributed by atoms with Gasteiger partial charge in [-0.05, 0) is 49.7 Å². The molecule has 1 saturated carbocycles. The number of nitrogens with one attached hydrogen (secondary N) is 2. The van der Waals surface area contributed by atoms with Crippen LogP contribution in [0.2, 0.25) is 0 Å². The number of carbonyl (C=O) groups excluding carboxylic acids is 1. The fourth-order valence-corrected chi connectivity index (χ4v) is 5.71. The molecule has 0 bridgehead atoms. The zero-order chi connectivity index (χ0) is 31.3. The van der Waals surface area contributed by atoms with Gasteiger partial charge in [0.15, 0.2) is 0 Å². The van der Waals surface area contributed by atoms with E-state index in [2.05, 4.69) is 25.5 Å². The summed E-state index contributed by atoms with van der Waals surface area (Å²) in [6, 6.07) is 14.6. The number of hydrogen-bond donors (Lipinski definition) is 3. The van der Waals surface area contributed by atoms with Crippen LogP contribution < -0.4 is 10.6 Å². The number of aromatic nitrogens is 2. The number of rotatable bonds is 8. The van der Waals surface area contributed by atoms with E-state index in [1.54, 1.807) is 29.2 Å². The van der Waals surface area contributed by atoms with E-state index < -0.39 is 35.7 Å². The highest BCUT2D eigenvalue weighted by molar-refractivity contribution is 5.94. The van der Waals surface area contributed by atoms with Gasteiger partial charge in [0.1, 0.15) is 11.4 Å². The predicted octanol–water partition coefficient (Wildman–Crippen LogP) is 5.53. The van der Waals surface area contributed by atoms with Crippen molar-refractivity contribution in [1.82, 2.24) is 24.7 Å². The second-order valence-corrected chi connectivity index (χ2v) is 11.3. The van der Waals surface area contributed by atoms with Gasteiger partial charge in [-0.15, -0.1) is 0 Å². The summed E-state index contributed by atoms with van der Waals surface area (Å²) in [6.45, 7) is 3.01. The number of hydrogen-bond acceptors (Lipinski definition) is 7. The average Bonchev–Trinajstić information content (AvgIpc) is 3.01. The van der Waals surface area contributed by atoms with Crippen molar-refractivity contribution in [2.45, 2.75) is 50.5 Å². The molecule has 2 aliphatic rings. The minimum atomic E-state index is -4.73. The molecule has 13 heteroatoms. The van der Waals surface area contributed by atoms with E-state index in [0.29, 0.717) is 37.2 Å². The summed E-state index contributed by atoms with van der Waals surface area (Å²) in [5.41, 5.74) is 0.768. The van der Waals surface area contributed by atoms with Crippen LogP contribution in [0, 0.1) is 0 Å². The van der Waals surface area contributed by atoms with Crippen LogP contribution in [0.4, 0.5) is 35.4 Å². The number of nitrogens with zero attached hydrogens (tertiary/aromatic N) is 5. The number of piperazine rings is 1. The van der Waals surface area contributed by atoms with Crippen LogP contribution in [0.15, 0.2) is 60.8 Å². The summed E-state index contributed by atoms with van der Waals surface area (Å²) in [5.74, 6) is -0.559. The van der Waals surface area contributed by atoms with Crippen LogP contribution in [0.3, 0.4) is 0 Å². The molecule has 2 aromatic carbocycles. The number of halogens is 3. The number of benzene rings is 2. The van der Waals surface area contributed by atoms with E-state index in [-0.39, 0.29) is 18.4 Å². The monoisotopic (exact) mass is 611 g/mol. The molecule has 2 unspecified atom stereocenters. The molecule has 3 aromatic rings. The van der Waals surface area contributed by atoms with Crippen molar-refractivity contribution in [3.05, 3.63) is 77.5 Å². The number of likely N-dealkylation sites (N-methyl/N-ethyl adjacent to an activating group) is 1. The maximum absolute atomic E-state index is 14.0. The first-order valence-corrected chi connectivity index (χ1v) is 14.7. The molecule has 0 spiro atoms. The second kappa shape index (κ2) is 13.5. The predicted molar refractivity (Wildman–Crippen MR) is 160 cm³/mol. The molecule has 2 atom stereocenters. The van der Waals surface area contributed by atoms with Gasteiger partial charge in [-0.3, -0.25) is 9.69 Å². The van der Waals surface area contributed by atoms with Gasteiger partial charge in [-0.2, -0.15) is 18.2 Å². The minimum Gasteiger partial charge on any atom is -0.465 e. The lowest BCUT2D eigenvalue weighted by atomic mass is 9.88. The van der Waals surface area contributed by atoms with Gasteiger partial charge in [-0.25, -0.2) is 9.78 Å². The lowest BCUT2D eigenvalue weighted by Crippen LogP contribution is -2.50. The molecule has 1 aromatic heterocycles. The lowest BCUT2D eigenvalue weighted by Gasteiger charge is -2.39. The molecule has 1 aliphatic heterocycles. The van der Waals surface area contributed by atoms with Gasteiger partial charge >= 0.3 is 12.3 Å². The van der Waals surface area contributed by atoms with E-state index in [1.807, 2.05) is 37.4 Å². The summed E-state index contributed by atoms with van der Waals surface area (Å²) in [5, 5.41) is 15.9. The number of alkyl halides is 3. The van der Waals surface area contributed by atoms with Crippen LogP contribution in [0.25, 0.3) is 0 Å². The Bertz CT molecular complexity index is 1430. The van der Waals surface area contributed by atoms with Crippen LogP contribution in [-0.4, -0.2) is 87.1 Å². The number of carbonyl (C=O) groups is 2. The van der Waals surface area contributed by atoms with Gasteiger partial charge in [0.05, 0.1) is 6.04 Å². The van der Waals surface area contributed by atoms with Gasteiger partial charge in [-0.1, -0.05) is 43.2 Å². The zero-order valence-electron chi connectivity index (χ0n) is 24.4. The van der Waals surface area contributed by atoms with Crippen molar-refractivity contribution in [3.63, 3.8) is 0 Å². The zero-order valence-corrected chi connectivity index (χ0v) is 24.4. The van der Waals surface area contributed by atoms with Crippen LogP contribution in [0.5, 0.6) is 0 Å². The van der Waals surface area contributed by atoms with Crippen LogP contribution >= 0.6 is 0 Å². The van der Waals surface area contributed by atoms with Gasteiger partial charge in [0.2, 0.25) is 5.95 Å². The van der Waals surface area contributed by atoms with Crippen molar-refractivity contribution in [2.75, 3.05) is 43.9 Å². The van der Waals surface area contributed by atoms with E-state index in [4.69, 9.17) is 0 Å². The van der Waals surface area contributed by atoms with E-state index in [0.717, 1.165) is 37.7 Å². The summed E-state index contributed by atoms with van der Waals surface area (Å²) < 4.78 is 42.1. The second-order valence-electron chi connectivity index (χ2n) is 11.3. The van der Waals surface area contributed by atoms with Gasteiger partial charge < -0.3 is 25.5 Å². The highest BCUT2D eigenvalue weighted by Crippen LogP contribution is 2.36. The third kappa shape index (κ3) is 7.57. The molecule has 3 N–H and O–H groups in total. The Labute approximate surface area is 253 Å². The van der Waals surface area contributed by atoms with Crippen molar-refractivity contribution in [3.8, 4) is 0 Å². The number of amides is 2. The molecule has 10 nitrogen and oxygen atoms in total. The van der Waals surface area contributed by atoms with E-state index >= 15 is 0 Å². The van der Waals surface area contributed by atoms with Crippen molar-refractivity contribution in [2.24, 2.45) is 0 Å². The highest BCUT2D eigenvalue weighted by atomic mass is 19.4. The first-order valence-electron chi connectivity index (χ1n) is 14.7. The molecule has 2 fully saturated rings. The summed E-state index contributed by atoms with van der Waals surface area (Å²) in [6.07, 6.45) is -2.65. The maximum Gasteiger partial charge on any atom is 0.421 e. The third-order valence-electron chi connectivity index (χ3n) is 8.17. The molecule has 234 valence electrons. The molecular weight excluding hydrogens is 575 g/mol. The Morgan fingerprint density at radius 1 is 1.00 bits per heavy atom. The normalized spacial score (nSPS) is 19.3. The number of anilines is 3. The number of carboxylic acid groups (broad SMARTS) is 1. The summed E-state index contributed by atoms with van der Waals surface area (Å²) in [4.78, 5) is 38.5. The molecular formula is C31H36F3N7O3. The maximum atomic E-state index is 14.0.